The van der Waals surface area contributed by atoms with Gasteiger partial charge in [-0.25, -0.2) is 0 Å². The standard InChI is InChI=1S/C12H24N2OS/c1-9-10(5-8-15-9)14(4)7-6-12(2,3)11(13)16/h9-10H,5-8H2,1-4H3,(H2,13,16). The molecule has 0 saturated carbocycles. The Morgan fingerprint density at radius 3 is 2.62 bits per heavy atom. The summed E-state index contributed by atoms with van der Waals surface area (Å²) in [5.41, 5.74) is 5.68. The van der Waals surface area contributed by atoms with Gasteiger partial charge in [0.15, 0.2) is 0 Å². The van der Waals surface area contributed by atoms with Crippen LogP contribution in [-0.2, 0) is 4.74 Å². The molecule has 1 heterocycles. The minimum Gasteiger partial charge on any atom is -0.393 e. The van der Waals surface area contributed by atoms with Gasteiger partial charge in [-0.1, -0.05) is 26.1 Å². The monoisotopic (exact) mass is 244 g/mol. The number of ether oxygens (including phenoxy) is 1. The summed E-state index contributed by atoms with van der Waals surface area (Å²) in [5, 5.41) is 0. The Hall–Kier alpha value is -0.190. The van der Waals surface area contributed by atoms with Crippen molar-refractivity contribution in [1.82, 2.24) is 4.90 Å². The van der Waals surface area contributed by atoms with Crippen LogP contribution in [-0.4, -0.2) is 42.2 Å². The normalized spacial score (nSPS) is 26.3. The molecule has 0 aromatic heterocycles. The maximum atomic E-state index is 5.73. The van der Waals surface area contributed by atoms with Crippen molar-refractivity contribution in [2.45, 2.75) is 45.8 Å². The van der Waals surface area contributed by atoms with Crippen molar-refractivity contribution in [2.24, 2.45) is 11.1 Å². The number of thiocarbonyl (C=S) groups is 1. The van der Waals surface area contributed by atoms with Crippen molar-refractivity contribution in [3.05, 3.63) is 0 Å². The molecule has 3 nitrogen and oxygen atoms in total. The Kier molecular flexibility index (Phi) is 4.71. The van der Waals surface area contributed by atoms with E-state index in [-0.39, 0.29) is 5.41 Å². The van der Waals surface area contributed by atoms with Gasteiger partial charge < -0.3 is 15.4 Å². The van der Waals surface area contributed by atoms with Gasteiger partial charge in [0.05, 0.1) is 11.1 Å². The predicted molar refractivity (Wildman–Crippen MR) is 71.6 cm³/mol. The molecule has 94 valence electrons. The molecule has 1 aliphatic rings. The van der Waals surface area contributed by atoms with Gasteiger partial charge in [-0.3, -0.25) is 0 Å². The summed E-state index contributed by atoms with van der Waals surface area (Å²) in [4.78, 5) is 2.98. The van der Waals surface area contributed by atoms with Crippen LogP contribution in [0.15, 0.2) is 0 Å². The molecule has 0 bridgehead atoms. The van der Waals surface area contributed by atoms with Gasteiger partial charge in [0.25, 0.3) is 0 Å². The van der Waals surface area contributed by atoms with Crippen molar-refractivity contribution in [1.29, 1.82) is 0 Å². The third-order valence-corrected chi connectivity index (χ3v) is 4.21. The third kappa shape index (κ3) is 3.40. The van der Waals surface area contributed by atoms with E-state index in [9.17, 15) is 0 Å². The van der Waals surface area contributed by atoms with Gasteiger partial charge in [-0.05, 0) is 33.4 Å². The van der Waals surface area contributed by atoms with E-state index in [1.54, 1.807) is 0 Å². The summed E-state index contributed by atoms with van der Waals surface area (Å²) in [6.07, 6.45) is 2.48. The second-order valence-electron chi connectivity index (χ2n) is 5.41. The van der Waals surface area contributed by atoms with E-state index in [0.29, 0.717) is 17.1 Å². The molecular formula is C12H24N2OS. The largest absolute Gasteiger partial charge is 0.393 e. The van der Waals surface area contributed by atoms with Gasteiger partial charge in [-0.15, -0.1) is 0 Å². The van der Waals surface area contributed by atoms with Crippen molar-refractivity contribution in [3.63, 3.8) is 0 Å². The zero-order valence-electron chi connectivity index (χ0n) is 10.8. The van der Waals surface area contributed by atoms with E-state index in [0.717, 1.165) is 26.0 Å². The lowest BCUT2D eigenvalue weighted by molar-refractivity contribution is 0.0813. The Bertz CT molecular complexity index is 255. The van der Waals surface area contributed by atoms with Crippen LogP contribution in [0.5, 0.6) is 0 Å². The molecule has 2 atom stereocenters. The molecule has 1 rings (SSSR count). The highest BCUT2D eigenvalue weighted by Gasteiger charge is 2.29. The van der Waals surface area contributed by atoms with Crippen LogP contribution in [0.25, 0.3) is 0 Å². The lowest BCUT2D eigenvalue weighted by atomic mass is 9.89. The Labute approximate surface area is 104 Å². The smallest absolute Gasteiger partial charge is 0.0784 e. The minimum absolute atomic E-state index is 0.0493. The number of hydrogen-bond acceptors (Lipinski definition) is 3. The van der Waals surface area contributed by atoms with Crippen LogP contribution in [0.3, 0.4) is 0 Å². The fraction of sp³-hybridized carbons (Fsp3) is 0.917. The summed E-state index contributed by atoms with van der Waals surface area (Å²) in [6, 6.07) is 0.544. The van der Waals surface area contributed by atoms with Gasteiger partial charge in [-0.2, -0.15) is 0 Å². The molecule has 2 N–H and O–H groups in total. The van der Waals surface area contributed by atoms with Gasteiger partial charge in [0.1, 0.15) is 0 Å². The molecule has 1 aliphatic heterocycles. The maximum absolute atomic E-state index is 5.73. The first-order chi connectivity index (χ1) is 7.34. The molecule has 0 spiro atoms. The lowest BCUT2D eigenvalue weighted by Crippen LogP contribution is -2.40. The van der Waals surface area contributed by atoms with E-state index in [2.05, 4.69) is 32.7 Å². The predicted octanol–water partition coefficient (Wildman–Crippen LogP) is 1.80. The second kappa shape index (κ2) is 5.43. The van der Waals surface area contributed by atoms with E-state index < -0.39 is 0 Å². The van der Waals surface area contributed by atoms with E-state index in [1.165, 1.54) is 0 Å². The van der Waals surface area contributed by atoms with Gasteiger partial charge >= 0.3 is 0 Å². The van der Waals surface area contributed by atoms with Crippen LogP contribution in [0.4, 0.5) is 0 Å². The lowest BCUT2D eigenvalue weighted by Gasteiger charge is -2.30. The highest BCUT2D eigenvalue weighted by atomic mass is 32.1. The minimum atomic E-state index is -0.0493. The van der Waals surface area contributed by atoms with E-state index in [1.807, 2.05) is 0 Å². The van der Waals surface area contributed by atoms with Crippen molar-refractivity contribution >= 4 is 17.2 Å². The van der Waals surface area contributed by atoms with Crippen LogP contribution < -0.4 is 5.73 Å². The summed E-state index contributed by atoms with van der Waals surface area (Å²) in [5.74, 6) is 0. The zero-order chi connectivity index (χ0) is 12.3. The summed E-state index contributed by atoms with van der Waals surface area (Å²) < 4.78 is 5.57. The molecule has 1 fully saturated rings. The van der Waals surface area contributed by atoms with Crippen LogP contribution in [0.2, 0.25) is 0 Å². The highest BCUT2D eigenvalue weighted by Crippen LogP contribution is 2.24. The number of hydrogen-bond donors (Lipinski definition) is 1. The maximum Gasteiger partial charge on any atom is 0.0784 e. The van der Waals surface area contributed by atoms with E-state index >= 15 is 0 Å². The van der Waals surface area contributed by atoms with Crippen LogP contribution in [0.1, 0.15) is 33.6 Å². The zero-order valence-corrected chi connectivity index (χ0v) is 11.6. The van der Waals surface area contributed by atoms with Crippen LogP contribution in [0, 0.1) is 5.41 Å². The summed E-state index contributed by atoms with van der Waals surface area (Å²) in [7, 11) is 2.16. The molecule has 0 amide bonds. The number of nitrogens with two attached hydrogens (primary N) is 1. The van der Waals surface area contributed by atoms with Crippen molar-refractivity contribution < 1.29 is 4.74 Å². The molecular weight excluding hydrogens is 220 g/mol. The summed E-state index contributed by atoms with van der Waals surface area (Å²) >= 11 is 5.08. The molecule has 0 aromatic carbocycles. The topological polar surface area (TPSA) is 38.5 Å². The first-order valence-corrected chi connectivity index (χ1v) is 6.37. The number of likely N-dealkylation sites (N-methyl/N-ethyl adjacent to an activating group) is 1. The average Bonchev–Trinajstić information content (AvgIpc) is 2.61. The molecule has 16 heavy (non-hydrogen) atoms. The Morgan fingerprint density at radius 1 is 1.56 bits per heavy atom. The van der Waals surface area contributed by atoms with Crippen LogP contribution >= 0.6 is 12.2 Å². The SMILES string of the molecule is CC1OCCC1N(C)CCC(C)(C)C(N)=S. The van der Waals surface area contributed by atoms with Crippen molar-refractivity contribution in [3.8, 4) is 0 Å². The van der Waals surface area contributed by atoms with Gasteiger partial charge in [0.2, 0.25) is 0 Å². The Morgan fingerprint density at radius 2 is 2.19 bits per heavy atom. The molecule has 0 radical (unpaired) electrons. The third-order valence-electron chi connectivity index (χ3n) is 3.66. The number of rotatable bonds is 5. The molecule has 0 aromatic rings. The quantitative estimate of drug-likeness (QED) is 0.749. The number of nitrogens with zero attached hydrogens (tertiary/aromatic N) is 1. The molecule has 1 saturated heterocycles. The average molecular weight is 244 g/mol. The fourth-order valence-corrected chi connectivity index (χ4v) is 2.15. The fourth-order valence-electron chi connectivity index (χ4n) is 2.04. The first-order valence-electron chi connectivity index (χ1n) is 5.96. The van der Waals surface area contributed by atoms with Gasteiger partial charge in [0, 0.05) is 18.1 Å². The molecule has 0 aliphatic carbocycles. The molecule has 2 unspecified atom stereocenters. The van der Waals surface area contributed by atoms with E-state index in [4.69, 9.17) is 22.7 Å². The first kappa shape index (κ1) is 13.9. The molecule has 4 heteroatoms. The Balaban J connectivity index is 2.40. The van der Waals surface area contributed by atoms with Crippen molar-refractivity contribution in [2.75, 3.05) is 20.2 Å². The highest BCUT2D eigenvalue weighted by molar-refractivity contribution is 7.80. The second-order valence-corrected chi connectivity index (χ2v) is 5.85. The summed E-state index contributed by atoms with van der Waals surface area (Å²) in [6.45, 7) is 8.26.